The van der Waals surface area contributed by atoms with Crippen LogP contribution in [-0.4, -0.2) is 19.5 Å². The largest absolute Gasteiger partial charge is 0.573 e. The number of nitrogens with one attached hydrogen (secondary N) is 1. The summed E-state index contributed by atoms with van der Waals surface area (Å²) in [6.45, 7) is 4.05. The second-order valence-electron chi connectivity index (χ2n) is 4.69. The van der Waals surface area contributed by atoms with Crippen LogP contribution in [0.2, 0.25) is 0 Å². The van der Waals surface area contributed by atoms with Gasteiger partial charge in [-0.2, -0.15) is 0 Å². The van der Waals surface area contributed by atoms with Crippen LogP contribution >= 0.6 is 12.4 Å². The quantitative estimate of drug-likeness (QED) is 0.898. The summed E-state index contributed by atoms with van der Waals surface area (Å²) >= 11 is 0. The molecule has 2 nitrogen and oxygen atoms in total. The van der Waals surface area contributed by atoms with Crippen molar-refractivity contribution in [2.75, 3.05) is 13.1 Å². The monoisotopic (exact) mass is 295 g/mol. The number of halogens is 4. The van der Waals surface area contributed by atoms with Crippen LogP contribution in [-0.2, 0) is 0 Å². The van der Waals surface area contributed by atoms with E-state index in [1.807, 2.05) is 0 Å². The highest BCUT2D eigenvalue weighted by Crippen LogP contribution is 2.31. The molecule has 1 N–H and O–H groups in total. The van der Waals surface area contributed by atoms with Gasteiger partial charge in [0.15, 0.2) is 0 Å². The molecular weight excluding hydrogens is 279 g/mol. The second-order valence-corrected chi connectivity index (χ2v) is 4.69. The minimum Gasteiger partial charge on any atom is -0.406 e. The van der Waals surface area contributed by atoms with Crippen LogP contribution < -0.4 is 10.1 Å². The minimum atomic E-state index is -4.62. The van der Waals surface area contributed by atoms with Crippen LogP contribution in [0.15, 0.2) is 24.3 Å². The van der Waals surface area contributed by atoms with E-state index in [1.165, 1.54) is 12.1 Å². The normalized spacial score (nSPS) is 23.6. The van der Waals surface area contributed by atoms with Crippen LogP contribution in [0.5, 0.6) is 5.75 Å². The van der Waals surface area contributed by atoms with Crippen LogP contribution in [0, 0.1) is 5.92 Å². The topological polar surface area (TPSA) is 21.3 Å². The number of rotatable bonds is 2. The molecule has 1 fully saturated rings. The van der Waals surface area contributed by atoms with Crippen molar-refractivity contribution in [1.29, 1.82) is 0 Å². The smallest absolute Gasteiger partial charge is 0.406 e. The van der Waals surface area contributed by atoms with Crippen LogP contribution in [0.3, 0.4) is 0 Å². The molecule has 1 aliphatic rings. The first-order chi connectivity index (χ1) is 8.46. The fourth-order valence-electron chi connectivity index (χ4n) is 2.43. The zero-order valence-electron chi connectivity index (χ0n) is 10.5. The van der Waals surface area contributed by atoms with Crippen LogP contribution in [0.4, 0.5) is 13.2 Å². The molecule has 1 aliphatic heterocycles. The molecule has 1 saturated heterocycles. The van der Waals surface area contributed by atoms with Gasteiger partial charge < -0.3 is 10.1 Å². The van der Waals surface area contributed by atoms with Gasteiger partial charge in [0.05, 0.1) is 0 Å². The van der Waals surface area contributed by atoms with E-state index in [0.717, 1.165) is 25.1 Å². The maximum absolute atomic E-state index is 12.0. The number of alkyl halides is 3. The molecule has 1 aromatic rings. The predicted octanol–water partition coefficient (Wildman–Crippen LogP) is 3.72. The molecule has 1 aromatic carbocycles. The van der Waals surface area contributed by atoms with Crippen molar-refractivity contribution in [2.24, 2.45) is 5.92 Å². The van der Waals surface area contributed by atoms with Gasteiger partial charge in [-0.05, 0) is 49.0 Å². The molecule has 0 radical (unpaired) electrons. The number of benzene rings is 1. The summed E-state index contributed by atoms with van der Waals surface area (Å²) < 4.78 is 39.9. The summed E-state index contributed by atoms with van der Waals surface area (Å²) in [4.78, 5) is 0. The van der Waals surface area contributed by atoms with Crippen molar-refractivity contribution in [3.05, 3.63) is 29.8 Å². The van der Waals surface area contributed by atoms with E-state index in [4.69, 9.17) is 0 Å². The van der Waals surface area contributed by atoms with Gasteiger partial charge in [0, 0.05) is 0 Å². The van der Waals surface area contributed by atoms with Crippen molar-refractivity contribution in [1.82, 2.24) is 5.32 Å². The summed E-state index contributed by atoms with van der Waals surface area (Å²) in [6.07, 6.45) is -3.61. The van der Waals surface area contributed by atoms with E-state index in [2.05, 4.69) is 17.0 Å². The molecule has 0 aliphatic carbocycles. The second kappa shape index (κ2) is 6.48. The van der Waals surface area contributed by atoms with Gasteiger partial charge in [-0.25, -0.2) is 0 Å². The first-order valence-corrected chi connectivity index (χ1v) is 6.02. The third kappa shape index (κ3) is 4.58. The van der Waals surface area contributed by atoms with E-state index in [9.17, 15) is 13.2 Å². The molecule has 2 atom stereocenters. The van der Waals surface area contributed by atoms with Gasteiger partial charge in [-0.15, -0.1) is 25.6 Å². The molecule has 0 saturated carbocycles. The fraction of sp³-hybridized carbons (Fsp3) is 0.538. The molecule has 0 unspecified atom stereocenters. The highest BCUT2D eigenvalue weighted by molar-refractivity contribution is 5.85. The molecule has 1 heterocycles. The van der Waals surface area contributed by atoms with E-state index < -0.39 is 6.36 Å². The number of hydrogen-bond donors (Lipinski definition) is 1. The van der Waals surface area contributed by atoms with E-state index >= 15 is 0 Å². The Morgan fingerprint density at radius 2 is 1.84 bits per heavy atom. The summed E-state index contributed by atoms with van der Waals surface area (Å²) in [5.41, 5.74) is 1.08. The Morgan fingerprint density at radius 3 is 2.37 bits per heavy atom. The summed E-state index contributed by atoms with van der Waals surface area (Å²) in [5, 5.41) is 3.30. The molecule has 0 spiro atoms. The SMILES string of the molecule is C[C@H]1CNCC[C@H]1c1ccc(OC(F)(F)F)cc1.Cl. The Bertz CT molecular complexity index is 394. The highest BCUT2D eigenvalue weighted by atomic mass is 35.5. The molecule has 2 rings (SSSR count). The average molecular weight is 296 g/mol. The Morgan fingerprint density at radius 1 is 1.21 bits per heavy atom. The molecule has 0 bridgehead atoms. The average Bonchev–Trinajstić information content (AvgIpc) is 2.29. The van der Waals surface area contributed by atoms with E-state index in [0.29, 0.717) is 11.8 Å². The van der Waals surface area contributed by atoms with Crippen molar-refractivity contribution < 1.29 is 17.9 Å². The molecule has 0 aromatic heterocycles. The third-order valence-electron chi connectivity index (χ3n) is 3.33. The number of ether oxygens (including phenoxy) is 1. The van der Waals surface area contributed by atoms with Crippen molar-refractivity contribution in [2.45, 2.75) is 25.6 Å². The molecule has 19 heavy (non-hydrogen) atoms. The predicted molar refractivity (Wildman–Crippen MR) is 69.8 cm³/mol. The standard InChI is InChI=1S/C13H16F3NO.ClH/c1-9-8-17-7-6-12(9)10-2-4-11(5-3-10)18-13(14,15)16;/h2-5,9,12,17H,6-8H2,1H3;1H/t9-,12+;/m0./s1. The van der Waals surface area contributed by atoms with Crippen molar-refractivity contribution >= 4 is 12.4 Å². The fourth-order valence-corrected chi connectivity index (χ4v) is 2.43. The molecule has 0 amide bonds. The van der Waals surface area contributed by atoms with Gasteiger partial charge in [0.25, 0.3) is 0 Å². The Balaban J connectivity index is 0.00000180. The number of piperidine rings is 1. The van der Waals surface area contributed by atoms with Gasteiger partial charge in [0.1, 0.15) is 5.75 Å². The maximum atomic E-state index is 12.0. The lowest BCUT2D eigenvalue weighted by Crippen LogP contribution is -2.33. The lowest BCUT2D eigenvalue weighted by Gasteiger charge is -2.30. The van der Waals surface area contributed by atoms with Gasteiger partial charge >= 0.3 is 6.36 Å². The minimum absolute atomic E-state index is 0. The van der Waals surface area contributed by atoms with Crippen molar-refractivity contribution in [3.63, 3.8) is 0 Å². The summed E-state index contributed by atoms with van der Waals surface area (Å²) in [7, 11) is 0. The van der Waals surface area contributed by atoms with Crippen LogP contribution in [0.25, 0.3) is 0 Å². The maximum Gasteiger partial charge on any atom is 0.573 e. The van der Waals surface area contributed by atoms with E-state index in [-0.39, 0.29) is 18.2 Å². The zero-order chi connectivity index (χ0) is 13.2. The van der Waals surface area contributed by atoms with Crippen molar-refractivity contribution in [3.8, 4) is 5.75 Å². The number of hydrogen-bond acceptors (Lipinski definition) is 2. The lowest BCUT2D eigenvalue weighted by atomic mass is 9.82. The first-order valence-electron chi connectivity index (χ1n) is 6.02. The Hall–Kier alpha value is -0.940. The first kappa shape index (κ1) is 16.1. The summed E-state index contributed by atoms with van der Waals surface area (Å²) in [5.74, 6) is 0.743. The highest BCUT2D eigenvalue weighted by Gasteiger charge is 2.31. The van der Waals surface area contributed by atoms with E-state index in [1.54, 1.807) is 12.1 Å². The van der Waals surface area contributed by atoms with Gasteiger partial charge in [-0.3, -0.25) is 0 Å². The Labute approximate surface area is 116 Å². The van der Waals surface area contributed by atoms with Crippen LogP contribution in [0.1, 0.15) is 24.8 Å². The van der Waals surface area contributed by atoms with Gasteiger partial charge in [-0.1, -0.05) is 19.1 Å². The Kier molecular flexibility index (Phi) is 5.50. The molecular formula is C13H17ClF3NO. The summed E-state index contributed by atoms with van der Waals surface area (Å²) in [6, 6.07) is 6.23. The molecule has 6 heteroatoms. The zero-order valence-corrected chi connectivity index (χ0v) is 11.4. The lowest BCUT2D eigenvalue weighted by molar-refractivity contribution is -0.274. The third-order valence-corrected chi connectivity index (χ3v) is 3.33. The van der Waals surface area contributed by atoms with Gasteiger partial charge in [0.2, 0.25) is 0 Å². The molecule has 108 valence electrons.